The van der Waals surface area contributed by atoms with Gasteiger partial charge in [0.25, 0.3) is 0 Å². The van der Waals surface area contributed by atoms with Crippen LogP contribution in [0.5, 0.6) is 5.75 Å². The minimum atomic E-state index is -5.29. The Morgan fingerprint density at radius 3 is 2.65 bits per heavy atom. The highest BCUT2D eigenvalue weighted by Crippen LogP contribution is 2.38. The number of ether oxygens (including phenoxy) is 2. The van der Waals surface area contributed by atoms with Gasteiger partial charge in [0, 0.05) is 29.4 Å². The highest BCUT2D eigenvalue weighted by molar-refractivity contribution is 5.99. The number of hydrogen-bond donors (Lipinski definition) is 1. The predicted octanol–water partition coefficient (Wildman–Crippen LogP) is 3.31. The van der Waals surface area contributed by atoms with E-state index in [2.05, 4.69) is 14.8 Å². The first kappa shape index (κ1) is 23.4. The molecule has 4 rings (SSSR count). The Morgan fingerprint density at radius 1 is 1.18 bits per heavy atom. The van der Waals surface area contributed by atoms with Crippen LogP contribution in [0.3, 0.4) is 0 Å². The Hall–Kier alpha value is -3.73. The number of aryl methyl sites for hydroxylation is 2. The van der Waals surface area contributed by atoms with Crippen molar-refractivity contribution in [3.8, 4) is 28.3 Å². The van der Waals surface area contributed by atoms with Crippen LogP contribution in [0.1, 0.15) is 28.0 Å². The quantitative estimate of drug-likeness (QED) is 0.431. The zero-order valence-electron chi connectivity index (χ0n) is 18.2. The molecule has 34 heavy (non-hydrogen) atoms. The third-order valence-electron chi connectivity index (χ3n) is 5.50. The van der Waals surface area contributed by atoms with E-state index in [4.69, 9.17) is 10.5 Å². The Morgan fingerprint density at radius 2 is 1.94 bits per heavy atom. The van der Waals surface area contributed by atoms with Crippen LogP contribution in [-0.2, 0) is 28.9 Å². The Kier molecular flexibility index (Phi) is 6.38. The fourth-order valence-electron chi connectivity index (χ4n) is 3.94. The number of esters is 2. The topological polar surface area (TPSA) is 109 Å². The highest BCUT2D eigenvalue weighted by atomic mass is 19.4. The lowest BCUT2D eigenvalue weighted by atomic mass is 9.89. The molecule has 0 amide bonds. The summed E-state index contributed by atoms with van der Waals surface area (Å²) >= 11 is 0. The van der Waals surface area contributed by atoms with Crippen molar-refractivity contribution in [3.63, 3.8) is 0 Å². The maximum absolute atomic E-state index is 12.7. The molecule has 0 atom stereocenters. The van der Waals surface area contributed by atoms with Crippen LogP contribution in [0.15, 0.2) is 36.5 Å². The molecule has 178 valence electrons. The number of para-hydroxylation sites is 1. The Bertz CT molecular complexity index is 1250. The minimum Gasteiger partial charge on any atom is -0.496 e. The lowest BCUT2D eigenvalue weighted by Crippen LogP contribution is -2.29. The lowest BCUT2D eigenvalue weighted by Gasteiger charge is -2.17. The molecule has 2 heterocycles. The first-order chi connectivity index (χ1) is 16.2. The van der Waals surface area contributed by atoms with Gasteiger partial charge < -0.3 is 15.2 Å². The number of nitrogens with two attached hydrogens (primary N) is 1. The highest BCUT2D eigenvalue weighted by Gasteiger charge is 2.43. The number of carbonyl (C=O) groups is 2. The van der Waals surface area contributed by atoms with Crippen LogP contribution in [-0.4, -0.2) is 46.5 Å². The number of nitrogens with zero attached hydrogens (tertiary/aromatic N) is 3. The third-order valence-corrected chi connectivity index (χ3v) is 5.50. The molecule has 0 radical (unpaired) electrons. The summed E-state index contributed by atoms with van der Waals surface area (Å²) in [5.41, 5.74) is 9.17. The van der Waals surface area contributed by atoms with Gasteiger partial charge in [-0.05, 0) is 49.6 Å². The van der Waals surface area contributed by atoms with Crippen molar-refractivity contribution in [2.24, 2.45) is 5.73 Å². The molecule has 2 N–H and O–H groups in total. The molecular formula is C23H21F3N4O4. The van der Waals surface area contributed by atoms with Gasteiger partial charge in [-0.1, -0.05) is 12.1 Å². The van der Waals surface area contributed by atoms with Crippen LogP contribution < -0.4 is 10.5 Å². The van der Waals surface area contributed by atoms with Crippen molar-refractivity contribution >= 4 is 11.9 Å². The number of pyridine rings is 1. The largest absolute Gasteiger partial charge is 0.496 e. The van der Waals surface area contributed by atoms with Gasteiger partial charge in [0.15, 0.2) is 5.69 Å². The monoisotopic (exact) mass is 474 g/mol. The fraction of sp³-hybridized carbons (Fsp3) is 0.304. The van der Waals surface area contributed by atoms with Gasteiger partial charge in [-0.25, -0.2) is 9.59 Å². The van der Waals surface area contributed by atoms with Crippen LogP contribution in [0.4, 0.5) is 13.2 Å². The van der Waals surface area contributed by atoms with E-state index in [1.54, 1.807) is 25.4 Å². The van der Waals surface area contributed by atoms with Gasteiger partial charge in [-0.3, -0.25) is 9.67 Å². The Labute approximate surface area is 192 Å². The van der Waals surface area contributed by atoms with Gasteiger partial charge in [-0.2, -0.15) is 18.3 Å². The van der Waals surface area contributed by atoms with Crippen molar-refractivity contribution < 1.29 is 32.2 Å². The number of rotatable bonds is 6. The second kappa shape index (κ2) is 9.26. The molecular weight excluding hydrogens is 453 g/mol. The maximum atomic E-state index is 12.7. The zero-order valence-corrected chi connectivity index (χ0v) is 18.2. The maximum Gasteiger partial charge on any atom is 0.491 e. The molecule has 3 aromatic rings. The van der Waals surface area contributed by atoms with Crippen LogP contribution >= 0.6 is 0 Å². The lowest BCUT2D eigenvalue weighted by molar-refractivity contribution is -0.193. The number of aromatic nitrogens is 3. The van der Waals surface area contributed by atoms with E-state index >= 15 is 0 Å². The predicted molar refractivity (Wildman–Crippen MR) is 115 cm³/mol. The standard InChI is InChI=1S/C23H21F3N4O4/c1-33-18-6-3-2-5-14(18)17-11-16-13(12-28-17)7-8-15-19(16)29-30(10-4-9-27)20(15)21(31)34-22(32)23(24,25)26/h2-3,5-6,11-12H,4,7-10,27H2,1H3. The van der Waals surface area contributed by atoms with Crippen LogP contribution in [0.25, 0.3) is 22.5 Å². The minimum absolute atomic E-state index is 0.175. The first-order valence-corrected chi connectivity index (χ1v) is 10.5. The summed E-state index contributed by atoms with van der Waals surface area (Å²) in [6.45, 7) is 0.451. The van der Waals surface area contributed by atoms with Crippen LogP contribution in [0, 0.1) is 0 Å². The van der Waals surface area contributed by atoms with Crippen molar-refractivity contribution in [1.29, 1.82) is 0 Å². The molecule has 0 bridgehead atoms. The summed E-state index contributed by atoms with van der Waals surface area (Å²) in [6.07, 6.45) is -2.35. The van der Waals surface area contributed by atoms with Gasteiger partial charge in [-0.15, -0.1) is 0 Å². The van der Waals surface area contributed by atoms with Gasteiger partial charge in [0.2, 0.25) is 0 Å². The molecule has 0 aliphatic heterocycles. The van der Waals surface area contributed by atoms with E-state index in [1.807, 2.05) is 18.2 Å². The number of methoxy groups -OCH3 is 1. The SMILES string of the molecule is COc1ccccc1-c1cc2c(cn1)CCc1c-2nn(CCCN)c1C(=O)OC(=O)C(F)(F)F. The number of fused-ring (bicyclic) bond motifs is 3. The average Bonchev–Trinajstić information content (AvgIpc) is 3.20. The second-order valence-electron chi connectivity index (χ2n) is 7.64. The summed E-state index contributed by atoms with van der Waals surface area (Å²) in [5.74, 6) is -3.35. The summed E-state index contributed by atoms with van der Waals surface area (Å²) in [7, 11) is 1.55. The molecule has 0 saturated heterocycles. The van der Waals surface area contributed by atoms with E-state index in [0.29, 0.717) is 47.5 Å². The average molecular weight is 474 g/mol. The molecule has 11 heteroatoms. The van der Waals surface area contributed by atoms with E-state index in [1.165, 1.54) is 4.68 Å². The molecule has 2 aromatic heterocycles. The molecule has 0 saturated carbocycles. The van der Waals surface area contributed by atoms with Gasteiger partial charge in [0.05, 0.1) is 18.5 Å². The second-order valence-corrected chi connectivity index (χ2v) is 7.64. The first-order valence-electron chi connectivity index (χ1n) is 10.5. The van der Waals surface area contributed by atoms with E-state index in [-0.39, 0.29) is 18.8 Å². The normalized spacial score (nSPS) is 12.6. The zero-order chi connectivity index (χ0) is 24.5. The smallest absolute Gasteiger partial charge is 0.491 e. The number of carbonyl (C=O) groups excluding carboxylic acids is 2. The molecule has 1 aliphatic carbocycles. The van der Waals surface area contributed by atoms with Crippen LogP contribution in [0.2, 0.25) is 0 Å². The van der Waals surface area contributed by atoms with Crippen molar-refractivity contribution in [1.82, 2.24) is 14.8 Å². The third kappa shape index (κ3) is 4.38. The summed E-state index contributed by atoms with van der Waals surface area (Å²) in [4.78, 5) is 28.5. The van der Waals surface area contributed by atoms with E-state index in [0.717, 1.165) is 11.1 Å². The van der Waals surface area contributed by atoms with Crippen molar-refractivity contribution in [2.75, 3.05) is 13.7 Å². The molecule has 0 unspecified atom stereocenters. The molecule has 1 aliphatic rings. The van der Waals surface area contributed by atoms with E-state index in [9.17, 15) is 22.8 Å². The number of alkyl halides is 3. The fourth-order valence-corrected chi connectivity index (χ4v) is 3.94. The summed E-state index contributed by atoms with van der Waals surface area (Å²) in [6, 6.07) is 9.13. The van der Waals surface area contributed by atoms with Crippen molar-refractivity contribution in [3.05, 3.63) is 53.3 Å². The number of hydrogen-bond acceptors (Lipinski definition) is 7. The van der Waals surface area contributed by atoms with Gasteiger partial charge >= 0.3 is 18.1 Å². The molecule has 0 fully saturated rings. The summed E-state index contributed by atoms with van der Waals surface area (Å²) < 4.78 is 48.8. The Balaban J connectivity index is 1.80. The van der Waals surface area contributed by atoms with Crippen molar-refractivity contribution in [2.45, 2.75) is 32.0 Å². The number of halogens is 3. The van der Waals surface area contributed by atoms with E-state index < -0.39 is 18.1 Å². The summed E-state index contributed by atoms with van der Waals surface area (Å²) in [5, 5.41) is 4.51. The van der Waals surface area contributed by atoms with Gasteiger partial charge in [0.1, 0.15) is 5.75 Å². The molecule has 0 spiro atoms. The molecule has 8 nitrogen and oxygen atoms in total. The molecule has 1 aromatic carbocycles. The number of benzene rings is 1.